The van der Waals surface area contributed by atoms with Gasteiger partial charge < -0.3 is 10.1 Å². The smallest absolute Gasteiger partial charge is 0.121 e. The molecular formula is C15H15ClN2O. The first-order valence-electron chi connectivity index (χ1n) is 6.32. The van der Waals surface area contributed by atoms with Crippen LogP contribution < -0.4 is 10.1 Å². The van der Waals surface area contributed by atoms with E-state index in [2.05, 4.69) is 16.4 Å². The lowest BCUT2D eigenvalue weighted by atomic mass is 10.2. The Morgan fingerprint density at radius 1 is 1.37 bits per heavy atom. The summed E-state index contributed by atoms with van der Waals surface area (Å²) in [5.41, 5.74) is 3.34. The highest BCUT2D eigenvalue weighted by Crippen LogP contribution is 2.35. The number of anilines is 1. The number of benzene rings is 1. The van der Waals surface area contributed by atoms with E-state index in [0.29, 0.717) is 5.02 Å². The van der Waals surface area contributed by atoms with Gasteiger partial charge in [0.15, 0.2) is 0 Å². The number of aryl methyl sites for hydroxylation is 1. The van der Waals surface area contributed by atoms with Crippen LogP contribution in [-0.2, 0) is 6.42 Å². The number of aromatic nitrogens is 1. The van der Waals surface area contributed by atoms with Crippen LogP contribution in [0.1, 0.15) is 23.7 Å². The Morgan fingerprint density at radius 2 is 2.26 bits per heavy atom. The molecule has 98 valence electrons. The molecule has 0 aliphatic heterocycles. The molecule has 0 saturated heterocycles. The normalized spacial score (nSPS) is 17.1. The fraction of sp³-hybridized carbons (Fsp3) is 0.267. The zero-order chi connectivity index (χ0) is 13.2. The number of ether oxygens (including phenoxy) is 1. The molecule has 1 heterocycles. The van der Waals surface area contributed by atoms with Crippen LogP contribution in [0, 0.1) is 0 Å². The van der Waals surface area contributed by atoms with Crippen LogP contribution in [0.15, 0.2) is 36.5 Å². The second-order valence-corrected chi connectivity index (χ2v) is 5.04. The van der Waals surface area contributed by atoms with Crippen molar-refractivity contribution in [1.29, 1.82) is 0 Å². The van der Waals surface area contributed by atoms with Gasteiger partial charge in [0.25, 0.3) is 0 Å². The van der Waals surface area contributed by atoms with Crippen molar-refractivity contribution < 1.29 is 4.74 Å². The maximum atomic E-state index is 6.22. The van der Waals surface area contributed by atoms with Crippen molar-refractivity contribution in [3.05, 3.63) is 52.8 Å². The van der Waals surface area contributed by atoms with Crippen molar-refractivity contribution in [2.45, 2.75) is 18.9 Å². The molecule has 1 atom stereocenters. The lowest BCUT2D eigenvalue weighted by Crippen LogP contribution is -2.09. The molecule has 3 rings (SSSR count). The zero-order valence-electron chi connectivity index (χ0n) is 10.7. The molecule has 0 saturated carbocycles. The predicted molar refractivity (Wildman–Crippen MR) is 76.9 cm³/mol. The van der Waals surface area contributed by atoms with Gasteiger partial charge in [-0.2, -0.15) is 0 Å². The summed E-state index contributed by atoms with van der Waals surface area (Å²) in [5, 5.41) is 4.16. The van der Waals surface area contributed by atoms with Gasteiger partial charge in [0.2, 0.25) is 0 Å². The van der Waals surface area contributed by atoms with E-state index in [4.69, 9.17) is 16.3 Å². The van der Waals surface area contributed by atoms with Gasteiger partial charge >= 0.3 is 0 Å². The number of hydrogen-bond acceptors (Lipinski definition) is 3. The lowest BCUT2D eigenvalue weighted by Gasteiger charge is -2.16. The third-order valence-corrected chi connectivity index (χ3v) is 3.79. The molecular weight excluding hydrogens is 260 g/mol. The molecule has 1 unspecified atom stereocenters. The Bertz CT molecular complexity index is 600. The van der Waals surface area contributed by atoms with Gasteiger partial charge in [0.1, 0.15) is 5.75 Å². The van der Waals surface area contributed by atoms with Crippen LogP contribution in [0.25, 0.3) is 0 Å². The molecule has 0 amide bonds. The Kier molecular flexibility index (Phi) is 3.30. The molecule has 2 aromatic rings. The Labute approximate surface area is 117 Å². The average Bonchev–Trinajstić information content (AvgIpc) is 2.85. The van der Waals surface area contributed by atoms with Crippen LogP contribution in [0.3, 0.4) is 0 Å². The topological polar surface area (TPSA) is 34.1 Å². The van der Waals surface area contributed by atoms with E-state index in [1.165, 1.54) is 5.56 Å². The first-order chi connectivity index (χ1) is 9.28. The van der Waals surface area contributed by atoms with E-state index in [-0.39, 0.29) is 6.04 Å². The van der Waals surface area contributed by atoms with Crippen molar-refractivity contribution in [2.75, 3.05) is 12.4 Å². The summed E-state index contributed by atoms with van der Waals surface area (Å²) in [7, 11) is 1.65. The largest absolute Gasteiger partial charge is 0.497 e. The van der Waals surface area contributed by atoms with Gasteiger partial charge in [-0.15, -0.1) is 0 Å². The van der Waals surface area contributed by atoms with Gasteiger partial charge in [-0.05, 0) is 36.6 Å². The molecule has 1 aromatic heterocycles. The monoisotopic (exact) mass is 274 g/mol. The van der Waals surface area contributed by atoms with Crippen molar-refractivity contribution >= 4 is 17.3 Å². The van der Waals surface area contributed by atoms with Crippen molar-refractivity contribution in [3.8, 4) is 5.75 Å². The summed E-state index contributed by atoms with van der Waals surface area (Å²) in [5.74, 6) is 0.797. The highest BCUT2D eigenvalue weighted by Gasteiger charge is 2.23. The zero-order valence-corrected chi connectivity index (χ0v) is 11.4. The molecule has 0 radical (unpaired) electrons. The first kappa shape index (κ1) is 12.3. The SMILES string of the molecule is COc1ccc(Cl)c(NC2CCc3cccnc32)c1. The first-order valence-corrected chi connectivity index (χ1v) is 6.69. The highest BCUT2D eigenvalue weighted by molar-refractivity contribution is 6.33. The van der Waals surface area contributed by atoms with Crippen LogP contribution in [0.2, 0.25) is 5.02 Å². The van der Waals surface area contributed by atoms with Crippen LogP contribution in [0.5, 0.6) is 5.75 Å². The third-order valence-electron chi connectivity index (χ3n) is 3.46. The summed E-state index contributed by atoms with van der Waals surface area (Å²) in [4.78, 5) is 4.47. The maximum absolute atomic E-state index is 6.22. The molecule has 1 aliphatic rings. The molecule has 0 bridgehead atoms. The number of halogens is 1. The van der Waals surface area contributed by atoms with E-state index in [1.807, 2.05) is 30.5 Å². The molecule has 1 aromatic carbocycles. The van der Waals surface area contributed by atoms with Gasteiger partial charge in [0.05, 0.1) is 29.6 Å². The van der Waals surface area contributed by atoms with E-state index < -0.39 is 0 Å². The number of fused-ring (bicyclic) bond motifs is 1. The van der Waals surface area contributed by atoms with E-state index in [0.717, 1.165) is 30.0 Å². The molecule has 19 heavy (non-hydrogen) atoms. The van der Waals surface area contributed by atoms with E-state index in [1.54, 1.807) is 7.11 Å². The number of hydrogen-bond donors (Lipinski definition) is 1. The van der Waals surface area contributed by atoms with E-state index in [9.17, 15) is 0 Å². The Hall–Kier alpha value is -1.74. The highest BCUT2D eigenvalue weighted by atomic mass is 35.5. The molecule has 4 heteroatoms. The fourth-order valence-corrected chi connectivity index (χ4v) is 2.65. The molecule has 1 N–H and O–H groups in total. The van der Waals surface area contributed by atoms with Crippen LogP contribution >= 0.6 is 11.6 Å². The van der Waals surface area contributed by atoms with Gasteiger partial charge in [-0.1, -0.05) is 17.7 Å². The lowest BCUT2D eigenvalue weighted by molar-refractivity contribution is 0.415. The van der Waals surface area contributed by atoms with Crippen LogP contribution in [0.4, 0.5) is 5.69 Å². The number of nitrogens with zero attached hydrogens (tertiary/aromatic N) is 1. The molecule has 0 fully saturated rings. The van der Waals surface area contributed by atoms with Gasteiger partial charge in [0, 0.05) is 12.3 Å². The second-order valence-electron chi connectivity index (χ2n) is 4.63. The fourth-order valence-electron chi connectivity index (χ4n) is 2.48. The minimum absolute atomic E-state index is 0.223. The molecule has 0 spiro atoms. The Balaban J connectivity index is 1.87. The van der Waals surface area contributed by atoms with Gasteiger partial charge in [-0.25, -0.2) is 0 Å². The average molecular weight is 275 g/mol. The number of rotatable bonds is 3. The maximum Gasteiger partial charge on any atom is 0.121 e. The summed E-state index contributed by atoms with van der Waals surface area (Å²) in [6.45, 7) is 0. The van der Waals surface area contributed by atoms with Crippen molar-refractivity contribution in [3.63, 3.8) is 0 Å². The van der Waals surface area contributed by atoms with E-state index >= 15 is 0 Å². The summed E-state index contributed by atoms with van der Waals surface area (Å²) in [6, 6.07) is 9.96. The third kappa shape index (κ3) is 2.38. The second kappa shape index (κ2) is 5.10. The summed E-state index contributed by atoms with van der Waals surface area (Å²) < 4.78 is 5.23. The van der Waals surface area contributed by atoms with Crippen LogP contribution in [-0.4, -0.2) is 12.1 Å². The Morgan fingerprint density at radius 3 is 3.11 bits per heavy atom. The summed E-state index contributed by atoms with van der Waals surface area (Å²) >= 11 is 6.22. The number of methoxy groups -OCH3 is 1. The molecule has 1 aliphatic carbocycles. The van der Waals surface area contributed by atoms with Crippen molar-refractivity contribution in [1.82, 2.24) is 4.98 Å². The molecule has 3 nitrogen and oxygen atoms in total. The minimum atomic E-state index is 0.223. The number of nitrogens with one attached hydrogen (secondary N) is 1. The summed E-state index contributed by atoms with van der Waals surface area (Å²) in [6.07, 6.45) is 3.94. The minimum Gasteiger partial charge on any atom is -0.497 e. The van der Waals surface area contributed by atoms with Gasteiger partial charge in [-0.3, -0.25) is 4.98 Å². The standard InChI is InChI=1S/C15H15ClN2O/c1-19-11-5-6-12(16)14(9-11)18-13-7-4-10-3-2-8-17-15(10)13/h2-3,5-6,8-9,13,18H,4,7H2,1H3. The predicted octanol–water partition coefficient (Wildman–Crippen LogP) is 3.84. The number of pyridine rings is 1. The quantitative estimate of drug-likeness (QED) is 0.923. The van der Waals surface area contributed by atoms with Crippen molar-refractivity contribution in [2.24, 2.45) is 0 Å².